The van der Waals surface area contributed by atoms with Crippen molar-refractivity contribution >= 4 is 11.8 Å². The number of fused-ring (bicyclic) bond motifs is 1. The second-order valence-electron chi connectivity index (χ2n) is 6.83. The normalized spacial score (nSPS) is 17.2. The summed E-state index contributed by atoms with van der Waals surface area (Å²) in [6.45, 7) is 4.67. The van der Waals surface area contributed by atoms with Crippen molar-refractivity contribution in [3.8, 4) is 5.75 Å². The minimum absolute atomic E-state index is 0.381. The van der Waals surface area contributed by atoms with Crippen LogP contribution in [0, 0.1) is 0 Å². The fourth-order valence-corrected chi connectivity index (χ4v) is 3.74. The van der Waals surface area contributed by atoms with E-state index in [1.54, 1.807) is 7.11 Å². The highest BCUT2D eigenvalue weighted by Gasteiger charge is 2.23. The van der Waals surface area contributed by atoms with Gasteiger partial charge in [0.05, 0.1) is 12.8 Å². The van der Waals surface area contributed by atoms with Gasteiger partial charge in [-0.3, -0.25) is 4.90 Å². The maximum absolute atomic E-state index is 5.99. The molecule has 0 saturated carbocycles. The number of anilines is 2. The minimum Gasteiger partial charge on any atom is -0.497 e. The van der Waals surface area contributed by atoms with Crippen molar-refractivity contribution < 1.29 is 4.74 Å². The van der Waals surface area contributed by atoms with Crippen molar-refractivity contribution in [2.75, 3.05) is 43.9 Å². The van der Waals surface area contributed by atoms with Crippen LogP contribution in [0.3, 0.4) is 0 Å². The summed E-state index contributed by atoms with van der Waals surface area (Å²) in [4.78, 5) is 13.9. The Morgan fingerprint density at radius 3 is 2.73 bits per heavy atom. The number of hydrogen-bond acceptors (Lipinski definition) is 6. The van der Waals surface area contributed by atoms with E-state index < -0.39 is 0 Å². The lowest BCUT2D eigenvalue weighted by Crippen LogP contribution is -2.26. The maximum atomic E-state index is 5.99. The molecule has 1 aromatic heterocycles. The van der Waals surface area contributed by atoms with Gasteiger partial charge >= 0.3 is 0 Å². The van der Waals surface area contributed by atoms with Crippen molar-refractivity contribution in [3.63, 3.8) is 0 Å². The number of methoxy groups -OCH3 is 1. The third kappa shape index (κ3) is 3.51. The summed E-state index contributed by atoms with van der Waals surface area (Å²) in [5.74, 6) is 2.30. The van der Waals surface area contributed by atoms with Gasteiger partial charge in [-0.25, -0.2) is 4.98 Å². The zero-order valence-corrected chi connectivity index (χ0v) is 15.2. The molecule has 26 heavy (non-hydrogen) atoms. The SMILES string of the molecule is COc1cccc(CN2CCc3nc(N)nc(N4CC=CC4)c3CC2)c1. The van der Waals surface area contributed by atoms with Crippen LogP contribution in [0.4, 0.5) is 11.8 Å². The summed E-state index contributed by atoms with van der Waals surface area (Å²) < 4.78 is 5.34. The van der Waals surface area contributed by atoms with Crippen molar-refractivity contribution in [2.45, 2.75) is 19.4 Å². The Morgan fingerprint density at radius 1 is 1.12 bits per heavy atom. The summed E-state index contributed by atoms with van der Waals surface area (Å²) >= 11 is 0. The van der Waals surface area contributed by atoms with Crippen molar-refractivity contribution in [2.24, 2.45) is 0 Å². The lowest BCUT2D eigenvalue weighted by Gasteiger charge is -2.22. The van der Waals surface area contributed by atoms with Crippen molar-refractivity contribution in [1.82, 2.24) is 14.9 Å². The van der Waals surface area contributed by atoms with Gasteiger partial charge in [0.2, 0.25) is 5.95 Å². The van der Waals surface area contributed by atoms with Gasteiger partial charge in [0, 0.05) is 44.7 Å². The predicted octanol–water partition coefficient (Wildman–Crippen LogP) is 2.04. The molecule has 6 nitrogen and oxygen atoms in total. The van der Waals surface area contributed by atoms with Crippen LogP contribution in [-0.4, -0.2) is 48.2 Å². The average Bonchev–Trinajstić information content (AvgIpc) is 3.12. The van der Waals surface area contributed by atoms with Crippen LogP contribution in [0.5, 0.6) is 5.75 Å². The van der Waals surface area contributed by atoms with Gasteiger partial charge < -0.3 is 15.4 Å². The predicted molar refractivity (Wildman–Crippen MR) is 103 cm³/mol. The Labute approximate surface area is 154 Å². The largest absolute Gasteiger partial charge is 0.497 e. The molecule has 136 valence electrons. The van der Waals surface area contributed by atoms with Crippen LogP contribution in [-0.2, 0) is 19.4 Å². The number of nitrogen functional groups attached to an aromatic ring is 1. The Bertz CT molecular complexity index is 812. The molecule has 2 aromatic rings. The Balaban J connectivity index is 1.52. The molecule has 4 rings (SSSR count). The summed E-state index contributed by atoms with van der Waals surface area (Å²) in [7, 11) is 1.71. The first-order valence-electron chi connectivity index (χ1n) is 9.13. The summed E-state index contributed by atoms with van der Waals surface area (Å²) in [5.41, 5.74) is 9.63. The van der Waals surface area contributed by atoms with Gasteiger partial charge in [0.25, 0.3) is 0 Å². The quantitative estimate of drug-likeness (QED) is 0.851. The summed E-state index contributed by atoms with van der Waals surface area (Å²) in [5, 5.41) is 0. The van der Waals surface area contributed by atoms with Crippen molar-refractivity contribution in [1.29, 1.82) is 0 Å². The molecule has 0 aliphatic carbocycles. The molecule has 0 amide bonds. The third-order valence-electron chi connectivity index (χ3n) is 5.09. The number of aromatic nitrogens is 2. The number of nitrogens with zero attached hydrogens (tertiary/aromatic N) is 4. The summed E-state index contributed by atoms with van der Waals surface area (Å²) in [6, 6.07) is 8.29. The molecule has 0 bridgehead atoms. The topological polar surface area (TPSA) is 67.5 Å². The van der Waals surface area contributed by atoms with Gasteiger partial charge in [-0.2, -0.15) is 4.98 Å². The van der Waals surface area contributed by atoms with E-state index in [1.165, 1.54) is 11.1 Å². The van der Waals surface area contributed by atoms with E-state index >= 15 is 0 Å². The molecule has 0 fully saturated rings. The van der Waals surface area contributed by atoms with E-state index in [0.29, 0.717) is 5.95 Å². The molecule has 0 spiro atoms. The molecule has 2 aliphatic rings. The molecule has 2 aliphatic heterocycles. The molecule has 6 heteroatoms. The average molecular weight is 351 g/mol. The molecule has 0 atom stereocenters. The number of hydrogen-bond donors (Lipinski definition) is 1. The highest BCUT2D eigenvalue weighted by atomic mass is 16.5. The third-order valence-corrected chi connectivity index (χ3v) is 5.09. The number of benzene rings is 1. The van der Waals surface area contributed by atoms with E-state index in [0.717, 1.165) is 62.8 Å². The Hall–Kier alpha value is -2.60. The van der Waals surface area contributed by atoms with Gasteiger partial charge in [0.15, 0.2) is 0 Å². The molecule has 0 unspecified atom stereocenters. The van der Waals surface area contributed by atoms with Gasteiger partial charge in [-0.15, -0.1) is 0 Å². The molecule has 0 saturated heterocycles. The lowest BCUT2D eigenvalue weighted by atomic mass is 10.1. The van der Waals surface area contributed by atoms with Crippen LogP contribution in [0.1, 0.15) is 16.8 Å². The van der Waals surface area contributed by atoms with Crippen molar-refractivity contribution in [3.05, 3.63) is 53.2 Å². The fraction of sp³-hybridized carbons (Fsp3) is 0.400. The highest BCUT2D eigenvalue weighted by molar-refractivity contribution is 5.54. The number of nitrogens with two attached hydrogens (primary N) is 1. The van der Waals surface area contributed by atoms with Crippen LogP contribution < -0.4 is 15.4 Å². The maximum Gasteiger partial charge on any atom is 0.222 e. The molecule has 3 heterocycles. The first-order chi connectivity index (χ1) is 12.7. The molecular weight excluding hydrogens is 326 g/mol. The number of ether oxygens (including phenoxy) is 1. The summed E-state index contributed by atoms with van der Waals surface area (Å²) in [6.07, 6.45) is 6.21. The molecular formula is C20H25N5O. The first kappa shape index (κ1) is 16.8. The standard InChI is InChI=1S/C20H25N5O/c1-26-16-6-4-5-15(13-16)14-24-11-7-17-18(8-12-24)22-20(21)23-19(17)25-9-2-3-10-25/h2-6,13H,7-12,14H2,1H3,(H2,21,22,23). The van der Waals surface area contributed by atoms with Crippen LogP contribution in [0.25, 0.3) is 0 Å². The minimum atomic E-state index is 0.381. The van der Waals surface area contributed by atoms with E-state index in [4.69, 9.17) is 10.5 Å². The monoisotopic (exact) mass is 351 g/mol. The van der Waals surface area contributed by atoms with Crippen LogP contribution >= 0.6 is 0 Å². The number of rotatable bonds is 4. The van der Waals surface area contributed by atoms with Crippen LogP contribution in [0.15, 0.2) is 36.4 Å². The second-order valence-corrected chi connectivity index (χ2v) is 6.83. The molecule has 0 radical (unpaired) electrons. The van der Waals surface area contributed by atoms with Gasteiger partial charge in [0.1, 0.15) is 11.6 Å². The Morgan fingerprint density at radius 2 is 1.92 bits per heavy atom. The lowest BCUT2D eigenvalue weighted by molar-refractivity contribution is 0.278. The van der Waals surface area contributed by atoms with Gasteiger partial charge in [-0.05, 0) is 24.1 Å². The van der Waals surface area contributed by atoms with E-state index in [-0.39, 0.29) is 0 Å². The molecule has 1 aromatic carbocycles. The fourth-order valence-electron chi connectivity index (χ4n) is 3.74. The molecule has 2 N–H and O–H groups in total. The Kier molecular flexibility index (Phi) is 4.75. The van der Waals surface area contributed by atoms with Gasteiger partial charge in [-0.1, -0.05) is 24.3 Å². The zero-order chi connectivity index (χ0) is 17.9. The second kappa shape index (κ2) is 7.33. The zero-order valence-electron chi connectivity index (χ0n) is 15.2. The van der Waals surface area contributed by atoms with E-state index in [2.05, 4.69) is 44.1 Å². The van der Waals surface area contributed by atoms with E-state index in [9.17, 15) is 0 Å². The first-order valence-corrected chi connectivity index (χ1v) is 9.13. The van der Waals surface area contributed by atoms with E-state index in [1.807, 2.05) is 12.1 Å². The van der Waals surface area contributed by atoms with Crippen LogP contribution in [0.2, 0.25) is 0 Å². The smallest absolute Gasteiger partial charge is 0.222 e. The highest BCUT2D eigenvalue weighted by Crippen LogP contribution is 2.27.